The van der Waals surface area contributed by atoms with Crippen molar-refractivity contribution in [2.45, 2.75) is 32.2 Å². The van der Waals surface area contributed by atoms with E-state index >= 15 is 0 Å². The first-order valence-electron chi connectivity index (χ1n) is 5.54. The summed E-state index contributed by atoms with van der Waals surface area (Å²) >= 11 is 0. The first kappa shape index (κ1) is 11.3. The van der Waals surface area contributed by atoms with Crippen molar-refractivity contribution in [3.63, 3.8) is 0 Å². The molecule has 0 aliphatic carbocycles. The maximum atomic E-state index is 6.00. The highest BCUT2D eigenvalue weighted by Gasteiger charge is 2.29. The molecule has 3 nitrogen and oxygen atoms in total. The van der Waals surface area contributed by atoms with Crippen molar-refractivity contribution in [2.24, 2.45) is 5.73 Å². The van der Waals surface area contributed by atoms with Gasteiger partial charge in [-0.1, -0.05) is 20.8 Å². The third-order valence-electron chi connectivity index (χ3n) is 2.94. The van der Waals surface area contributed by atoms with Gasteiger partial charge in [0, 0.05) is 11.1 Å². The summed E-state index contributed by atoms with van der Waals surface area (Å²) in [5.74, 6) is 1.80. The molecule has 1 aliphatic rings. The molecule has 0 saturated carbocycles. The highest BCUT2D eigenvalue weighted by atomic mass is 16.5. The van der Waals surface area contributed by atoms with Crippen LogP contribution in [0.15, 0.2) is 12.1 Å². The van der Waals surface area contributed by atoms with E-state index in [1.54, 1.807) is 7.11 Å². The maximum Gasteiger partial charge on any atom is 0.128 e. The third-order valence-corrected chi connectivity index (χ3v) is 2.94. The topological polar surface area (TPSA) is 44.5 Å². The van der Waals surface area contributed by atoms with E-state index in [1.165, 1.54) is 0 Å². The number of rotatable bonds is 1. The molecular formula is C13H19NO2. The van der Waals surface area contributed by atoms with Crippen molar-refractivity contribution >= 4 is 0 Å². The lowest BCUT2D eigenvalue weighted by Gasteiger charge is -2.22. The highest BCUT2D eigenvalue weighted by Crippen LogP contribution is 2.42. The van der Waals surface area contributed by atoms with E-state index in [-0.39, 0.29) is 11.5 Å². The highest BCUT2D eigenvalue weighted by molar-refractivity contribution is 5.53. The van der Waals surface area contributed by atoms with Crippen molar-refractivity contribution < 1.29 is 9.47 Å². The molecule has 0 amide bonds. The van der Waals surface area contributed by atoms with E-state index in [9.17, 15) is 0 Å². The molecule has 1 unspecified atom stereocenters. The van der Waals surface area contributed by atoms with Gasteiger partial charge < -0.3 is 15.2 Å². The fourth-order valence-electron chi connectivity index (χ4n) is 2.00. The molecule has 1 aromatic rings. The van der Waals surface area contributed by atoms with Crippen LogP contribution in [0, 0.1) is 0 Å². The second kappa shape index (κ2) is 3.67. The Hall–Kier alpha value is -1.22. The minimum atomic E-state index is -0.0359. The summed E-state index contributed by atoms with van der Waals surface area (Å²) in [6.07, 6.45) is 0. The summed E-state index contributed by atoms with van der Waals surface area (Å²) in [7, 11) is 1.68. The SMILES string of the molecule is COc1cc2c(c(C(C)(C)C)c1)OCC2N. The van der Waals surface area contributed by atoms with Crippen LogP contribution in [-0.4, -0.2) is 13.7 Å². The quantitative estimate of drug-likeness (QED) is 0.792. The Bertz CT molecular complexity index is 407. The minimum Gasteiger partial charge on any atom is -0.497 e. The van der Waals surface area contributed by atoms with Gasteiger partial charge in [-0.05, 0) is 17.5 Å². The Kier molecular flexibility index (Phi) is 2.58. The predicted octanol–water partition coefficient (Wildman–Crippen LogP) is 2.38. The van der Waals surface area contributed by atoms with Crippen LogP contribution in [0.2, 0.25) is 0 Å². The van der Waals surface area contributed by atoms with Gasteiger partial charge in [-0.3, -0.25) is 0 Å². The van der Waals surface area contributed by atoms with E-state index in [1.807, 2.05) is 12.1 Å². The smallest absolute Gasteiger partial charge is 0.128 e. The first-order valence-corrected chi connectivity index (χ1v) is 5.54. The predicted molar refractivity (Wildman–Crippen MR) is 64.1 cm³/mol. The average molecular weight is 221 g/mol. The number of ether oxygens (including phenoxy) is 2. The second-order valence-corrected chi connectivity index (χ2v) is 5.26. The van der Waals surface area contributed by atoms with Crippen LogP contribution >= 0.6 is 0 Å². The summed E-state index contributed by atoms with van der Waals surface area (Å²) < 4.78 is 11.0. The van der Waals surface area contributed by atoms with Gasteiger partial charge in [-0.2, -0.15) is 0 Å². The first-order chi connectivity index (χ1) is 7.43. The largest absolute Gasteiger partial charge is 0.497 e. The summed E-state index contributed by atoms with van der Waals surface area (Å²) in [6, 6.07) is 3.98. The van der Waals surface area contributed by atoms with Crippen LogP contribution in [-0.2, 0) is 5.41 Å². The molecule has 88 valence electrons. The fourth-order valence-corrected chi connectivity index (χ4v) is 2.00. The van der Waals surface area contributed by atoms with E-state index in [0.717, 1.165) is 22.6 Å². The van der Waals surface area contributed by atoms with Gasteiger partial charge in [0.25, 0.3) is 0 Å². The van der Waals surface area contributed by atoms with Crippen molar-refractivity contribution in [1.29, 1.82) is 0 Å². The molecule has 1 atom stereocenters. The van der Waals surface area contributed by atoms with Crippen LogP contribution in [0.5, 0.6) is 11.5 Å². The van der Waals surface area contributed by atoms with E-state index in [4.69, 9.17) is 15.2 Å². The Morgan fingerprint density at radius 1 is 1.38 bits per heavy atom. The standard InChI is InChI=1S/C13H19NO2/c1-13(2,3)10-6-8(15-4)5-9-11(14)7-16-12(9)10/h5-6,11H,7,14H2,1-4H3. The Morgan fingerprint density at radius 2 is 2.06 bits per heavy atom. The number of hydrogen-bond donors (Lipinski definition) is 1. The van der Waals surface area contributed by atoms with Crippen LogP contribution in [0.25, 0.3) is 0 Å². The molecule has 2 N–H and O–H groups in total. The zero-order chi connectivity index (χ0) is 11.9. The molecule has 3 heteroatoms. The maximum absolute atomic E-state index is 6.00. The van der Waals surface area contributed by atoms with E-state index in [0.29, 0.717) is 6.61 Å². The van der Waals surface area contributed by atoms with Gasteiger partial charge in [0.1, 0.15) is 18.1 Å². The average Bonchev–Trinajstić information content (AvgIpc) is 2.58. The number of fused-ring (bicyclic) bond motifs is 1. The van der Waals surface area contributed by atoms with Crippen molar-refractivity contribution in [3.05, 3.63) is 23.3 Å². The number of nitrogens with two attached hydrogens (primary N) is 1. The molecule has 0 radical (unpaired) electrons. The van der Waals surface area contributed by atoms with E-state index in [2.05, 4.69) is 20.8 Å². The Labute approximate surface area is 96.5 Å². The zero-order valence-electron chi connectivity index (χ0n) is 10.3. The molecule has 1 aromatic carbocycles. The molecule has 0 bridgehead atoms. The van der Waals surface area contributed by atoms with E-state index < -0.39 is 0 Å². The van der Waals surface area contributed by atoms with Gasteiger partial charge in [-0.25, -0.2) is 0 Å². The summed E-state index contributed by atoms with van der Waals surface area (Å²) in [5, 5.41) is 0. The summed E-state index contributed by atoms with van der Waals surface area (Å²) in [6.45, 7) is 7.05. The monoisotopic (exact) mass is 221 g/mol. The van der Waals surface area contributed by atoms with Crippen LogP contribution < -0.4 is 15.2 Å². The number of benzene rings is 1. The summed E-state index contributed by atoms with van der Waals surface area (Å²) in [5.41, 5.74) is 8.25. The van der Waals surface area contributed by atoms with Gasteiger partial charge in [-0.15, -0.1) is 0 Å². The molecule has 0 aromatic heterocycles. The molecule has 0 spiro atoms. The normalized spacial score (nSPS) is 19.2. The molecule has 1 heterocycles. The Balaban J connectivity index is 2.61. The summed E-state index contributed by atoms with van der Waals surface area (Å²) in [4.78, 5) is 0. The molecule has 0 saturated heterocycles. The van der Waals surface area contributed by atoms with Gasteiger partial charge in [0.15, 0.2) is 0 Å². The lowest BCUT2D eigenvalue weighted by Crippen LogP contribution is -2.13. The van der Waals surface area contributed by atoms with Gasteiger partial charge in [0.05, 0.1) is 13.2 Å². The van der Waals surface area contributed by atoms with Crippen molar-refractivity contribution in [2.75, 3.05) is 13.7 Å². The van der Waals surface area contributed by atoms with Crippen LogP contribution in [0.1, 0.15) is 37.9 Å². The molecule has 0 fully saturated rings. The number of hydrogen-bond acceptors (Lipinski definition) is 3. The molecule has 16 heavy (non-hydrogen) atoms. The zero-order valence-corrected chi connectivity index (χ0v) is 10.3. The molecular weight excluding hydrogens is 202 g/mol. The van der Waals surface area contributed by atoms with Crippen molar-refractivity contribution in [1.82, 2.24) is 0 Å². The van der Waals surface area contributed by atoms with Gasteiger partial charge >= 0.3 is 0 Å². The number of methoxy groups -OCH3 is 1. The molecule has 2 rings (SSSR count). The lowest BCUT2D eigenvalue weighted by atomic mass is 9.84. The lowest BCUT2D eigenvalue weighted by molar-refractivity contribution is 0.325. The molecule has 1 aliphatic heterocycles. The second-order valence-electron chi connectivity index (χ2n) is 5.26. The van der Waals surface area contributed by atoms with Crippen molar-refractivity contribution in [3.8, 4) is 11.5 Å². The minimum absolute atomic E-state index is 0.0304. The fraction of sp³-hybridized carbons (Fsp3) is 0.538. The van der Waals surface area contributed by atoms with Crippen LogP contribution in [0.4, 0.5) is 0 Å². The van der Waals surface area contributed by atoms with Crippen LogP contribution in [0.3, 0.4) is 0 Å². The Morgan fingerprint density at radius 3 is 2.62 bits per heavy atom. The third kappa shape index (κ3) is 1.76. The van der Waals surface area contributed by atoms with Gasteiger partial charge in [0.2, 0.25) is 0 Å².